The van der Waals surface area contributed by atoms with Crippen LogP contribution in [0.3, 0.4) is 0 Å². The molecule has 2 aromatic carbocycles. The molecule has 0 aliphatic carbocycles. The molecule has 3 nitrogen and oxygen atoms in total. The molecule has 1 heterocycles. The van der Waals surface area contributed by atoms with Gasteiger partial charge in [-0.2, -0.15) is 0 Å². The number of ether oxygens (including phenoxy) is 2. The fourth-order valence-electron chi connectivity index (χ4n) is 2.32. The highest BCUT2D eigenvalue weighted by Crippen LogP contribution is 2.34. The summed E-state index contributed by atoms with van der Waals surface area (Å²) in [5.74, 6) is 1.53. The van der Waals surface area contributed by atoms with Crippen molar-refractivity contribution in [2.75, 3.05) is 13.2 Å². The Kier molecular flexibility index (Phi) is 4.38. The van der Waals surface area contributed by atoms with Crippen LogP contribution >= 0.6 is 27.5 Å². The molecule has 0 saturated heterocycles. The van der Waals surface area contributed by atoms with E-state index in [2.05, 4.69) is 15.9 Å². The second-order valence-corrected chi connectivity index (χ2v) is 6.29. The van der Waals surface area contributed by atoms with Crippen molar-refractivity contribution in [1.29, 1.82) is 0 Å². The van der Waals surface area contributed by atoms with Crippen LogP contribution in [-0.4, -0.2) is 13.2 Å². The highest BCUT2D eigenvalue weighted by Gasteiger charge is 2.15. The summed E-state index contributed by atoms with van der Waals surface area (Å²) in [5, 5.41) is 0.657. The highest BCUT2D eigenvalue weighted by molar-refractivity contribution is 9.10. The molecule has 0 bridgehead atoms. The van der Waals surface area contributed by atoms with E-state index in [1.54, 1.807) is 0 Å². The molecular weight excluding hydrogens is 354 g/mol. The van der Waals surface area contributed by atoms with Crippen molar-refractivity contribution >= 4 is 27.5 Å². The van der Waals surface area contributed by atoms with Gasteiger partial charge < -0.3 is 15.2 Å². The van der Waals surface area contributed by atoms with Gasteiger partial charge in [-0.05, 0) is 41.5 Å². The Morgan fingerprint density at radius 1 is 1.00 bits per heavy atom. The summed E-state index contributed by atoms with van der Waals surface area (Å²) < 4.78 is 12.3. The van der Waals surface area contributed by atoms with Gasteiger partial charge in [-0.1, -0.05) is 33.6 Å². The zero-order valence-electron chi connectivity index (χ0n) is 11.3. The summed E-state index contributed by atoms with van der Waals surface area (Å²) in [7, 11) is 0. The number of benzene rings is 2. The SMILES string of the molecule is NC(c1cc(Cl)cc(Br)c1)c1ccc2c(c1)OCCCO2. The van der Waals surface area contributed by atoms with Gasteiger partial charge in [0.25, 0.3) is 0 Å². The molecule has 5 heteroatoms. The molecule has 0 saturated carbocycles. The van der Waals surface area contributed by atoms with Crippen LogP contribution in [0, 0.1) is 0 Å². The highest BCUT2D eigenvalue weighted by atomic mass is 79.9. The lowest BCUT2D eigenvalue weighted by molar-refractivity contribution is 0.297. The third-order valence-corrected chi connectivity index (χ3v) is 4.05. The Hall–Kier alpha value is -1.23. The molecule has 0 fully saturated rings. The van der Waals surface area contributed by atoms with Crippen molar-refractivity contribution in [2.24, 2.45) is 5.73 Å². The summed E-state index contributed by atoms with van der Waals surface area (Å²) in [4.78, 5) is 0. The lowest BCUT2D eigenvalue weighted by atomic mass is 9.99. The maximum absolute atomic E-state index is 6.35. The lowest BCUT2D eigenvalue weighted by Gasteiger charge is -2.16. The molecule has 1 aliphatic heterocycles. The van der Waals surface area contributed by atoms with E-state index < -0.39 is 0 Å². The van der Waals surface area contributed by atoms with Gasteiger partial charge in [-0.15, -0.1) is 0 Å². The van der Waals surface area contributed by atoms with Gasteiger partial charge in [0.1, 0.15) is 0 Å². The molecule has 110 valence electrons. The lowest BCUT2D eigenvalue weighted by Crippen LogP contribution is -2.12. The smallest absolute Gasteiger partial charge is 0.161 e. The third-order valence-electron chi connectivity index (χ3n) is 3.37. The minimum Gasteiger partial charge on any atom is -0.490 e. The van der Waals surface area contributed by atoms with Gasteiger partial charge in [-0.25, -0.2) is 0 Å². The monoisotopic (exact) mass is 367 g/mol. The van der Waals surface area contributed by atoms with Crippen molar-refractivity contribution < 1.29 is 9.47 Å². The Morgan fingerprint density at radius 3 is 2.52 bits per heavy atom. The molecule has 0 aromatic heterocycles. The fraction of sp³-hybridized carbons (Fsp3) is 0.250. The first kappa shape index (κ1) is 14.7. The van der Waals surface area contributed by atoms with Gasteiger partial charge in [-0.3, -0.25) is 0 Å². The largest absolute Gasteiger partial charge is 0.490 e. The van der Waals surface area contributed by atoms with Gasteiger partial charge in [0.2, 0.25) is 0 Å². The number of hydrogen-bond donors (Lipinski definition) is 1. The van der Waals surface area contributed by atoms with Crippen molar-refractivity contribution in [3.8, 4) is 11.5 Å². The minimum absolute atomic E-state index is 0.267. The van der Waals surface area contributed by atoms with Crippen LogP contribution in [0.1, 0.15) is 23.6 Å². The maximum Gasteiger partial charge on any atom is 0.161 e. The third kappa shape index (κ3) is 3.34. The van der Waals surface area contributed by atoms with Crippen molar-refractivity contribution in [2.45, 2.75) is 12.5 Å². The molecule has 3 rings (SSSR count). The molecule has 1 atom stereocenters. The standard InChI is InChI=1S/C16H15BrClNO2/c17-12-6-11(7-13(18)9-12)16(19)10-2-3-14-15(8-10)21-5-1-4-20-14/h2-3,6-9,16H,1,4-5,19H2. The van der Waals surface area contributed by atoms with E-state index in [1.165, 1.54) is 0 Å². The quantitative estimate of drug-likeness (QED) is 0.859. The number of hydrogen-bond acceptors (Lipinski definition) is 3. The summed E-state index contributed by atoms with van der Waals surface area (Å²) in [5.41, 5.74) is 8.26. The van der Waals surface area contributed by atoms with E-state index in [0.717, 1.165) is 33.5 Å². The molecule has 2 N–H and O–H groups in total. The Labute approximate surface area is 137 Å². The van der Waals surface area contributed by atoms with Crippen LogP contribution in [0.4, 0.5) is 0 Å². The van der Waals surface area contributed by atoms with Gasteiger partial charge in [0, 0.05) is 15.9 Å². The van der Waals surface area contributed by atoms with Crippen LogP contribution in [0.2, 0.25) is 5.02 Å². The van der Waals surface area contributed by atoms with E-state index in [0.29, 0.717) is 18.2 Å². The van der Waals surface area contributed by atoms with Crippen LogP contribution in [0.15, 0.2) is 40.9 Å². The Morgan fingerprint density at radius 2 is 1.76 bits per heavy atom. The second-order valence-electron chi connectivity index (χ2n) is 4.94. The van der Waals surface area contributed by atoms with Crippen molar-refractivity contribution in [3.63, 3.8) is 0 Å². The van der Waals surface area contributed by atoms with Crippen molar-refractivity contribution in [3.05, 3.63) is 57.0 Å². The molecule has 2 aromatic rings. The Balaban J connectivity index is 1.94. The van der Waals surface area contributed by atoms with E-state index in [1.807, 2.05) is 36.4 Å². The maximum atomic E-state index is 6.35. The predicted molar refractivity (Wildman–Crippen MR) is 87.2 cm³/mol. The molecule has 21 heavy (non-hydrogen) atoms. The predicted octanol–water partition coefficient (Wildman–Crippen LogP) is 4.31. The molecule has 0 radical (unpaired) electrons. The van der Waals surface area contributed by atoms with Gasteiger partial charge >= 0.3 is 0 Å². The zero-order chi connectivity index (χ0) is 14.8. The zero-order valence-corrected chi connectivity index (χ0v) is 13.7. The minimum atomic E-state index is -0.267. The number of rotatable bonds is 2. The molecule has 1 unspecified atom stereocenters. The first-order valence-electron chi connectivity index (χ1n) is 6.74. The van der Waals surface area contributed by atoms with E-state index in [-0.39, 0.29) is 6.04 Å². The molecular formula is C16H15BrClNO2. The van der Waals surface area contributed by atoms with Gasteiger partial charge in [0.15, 0.2) is 11.5 Å². The summed E-state index contributed by atoms with van der Waals surface area (Å²) in [6.07, 6.45) is 0.886. The van der Waals surface area contributed by atoms with Crippen LogP contribution < -0.4 is 15.2 Å². The first-order valence-corrected chi connectivity index (χ1v) is 7.92. The topological polar surface area (TPSA) is 44.5 Å². The molecule has 0 amide bonds. The van der Waals surface area contributed by atoms with E-state index in [9.17, 15) is 0 Å². The summed E-state index contributed by atoms with van der Waals surface area (Å²) >= 11 is 9.53. The fourth-order valence-corrected chi connectivity index (χ4v) is 3.21. The second kappa shape index (κ2) is 6.26. The van der Waals surface area contributed by atoms with E-state index in [4.69, 9.17) is 26.8 Å². The average Bonchev–Trinajstić information content (AvgIpc) is 2.69. The molecule has 0 spiro atoms. The molecule has 1 aliphatic rings. The summed E-state index contributed by atoms with van der Waals surface area (Å²) in [6.45, 7) is 1.34. The van der Waals surface area contributed by atoms with Crippen LogP contribution in [0.5, 0.6) is 11.5 Å². The first-order chi connectivity index (χ1) is 10.1. The number of fused-ring (bicyclic) bond motifs is 1. The van der Waals surface area contributed by atoms with Crippen molar-refractivity contribution in [1.82, 2.24) is 0 Å². The summed E-state index contributed by atoms with van der Waals surface area (Å²) in [6, 6.07) is 11.2. The van der Waals surface area contributed by atoms with Crippen LogP contribution in [-0.2, 0) is 0 Å². The Bertz CT molecular complexity index is 642. The van der Waals surface area contributed by atoms with Crippen LogP contribution in [0.25, 0.3) is 0 Å². The normalized spacial score (nSPS) is 15.4. The van der Waals surface area contributed by atoms with E-state index >= 15 is 0 Å². The number of halogens is 2. The van der Waals surface area contributed by atoms with Gasteiger partial charge in [0.05, 0.1) is 19.3 Å². The number of nitrogens with two attached hydrogens (primary N) is 1. The average molecular weight is 369 g/mol.